The van der Waals surface area contributed by atoms with Gasteiger partial charge in [0.2, 0.25) is 0 Å². The summed E-state index contributed by atoms with van der Waals surface area (Å²) in [4.78, 5) is 21.7. The van der Waals surface area contributed by atoms with Crippen LogP contribution in [-0.2, 0) is 0 Å². The Morgan fingerprint density at radius 3 is 1.83 bits per heavy atom. The summed E-state index contributed by atoms with van der Waals surface area (Å²) in [6, 6.07) is 14.6. The molecule has 114 valence electrons. The molecular weight excluding hydrogens is 296 g/mol. The van der Waals surface area contributed by atoms with Gasteiger partial charge in [-0.05, 0) is 42.5 Å². The quantitative estimate of drug-likeness (QED) is 0.773. The predicted octanol–water partition coefficient (Wildman–Crippen LogP) is 2.94. The smallest absolute Gasteiger partial charge is 0.335 e. The molecule has 3 aromatic rings. The van der Waals surface area contributed by atoms with E-state index in [2.05, 4.69) is 5.10 Å². The van der Waals surface area contributed by atoms with Crippen molar-refractivity contribution in [2.24, 2.45) is 0 Å². The number of carboxylic acids is 2. The molecule has 2 N–H and O–H groups in total. The van der Waals surface area contributed by atoms with Crippen molar-refractivity contribution >= 4 is 11.9 Å². The molecule has 0 spiro atoms. The summed E-state index contributed by atoms with van der Waals surface area (Å²) in [7, 11) is 0. The molecule has 23 heavy (non-hydrogen) atoms. The van der Waals surface area contributed by atoms with Crippen molar-refractivity contribution in [2.75, 3.05) is 0 Å². The molecule has 6 nitrogen and oxygen atoms in total. The topological polar surface area (TPSA) is 92.4 Å². The second-order valence-corrected chi connectivity index (χ2v) is 4.88. The number of rotatable bonds is 4. The van der Waals surface area contributed by atoms with Gasteiger partial charge in [-0.25, -0.2) is 14.3 Å². The third kappa shape index (κ3) is 2.96. The van der Waals surface area contributed by atoms with Crippen LogP contribution < -0.4 is 0 Å². The zero-order valence-corrected chi connectivity index (χ0v) is 11.9. The zero-order chi connectivity index (χ0) is 16.4. The van der Waals surface area contributed by atoms with Gasteiger partial charge >= 0.3 is 11.9 Å². The Bertz CT molecular complexity index is 792. The first-order chi connectivity index (χ1) is 11.0. The Balaban J connectivity index is 1.87. The lowest BCUT2D eigenvalue weighted by atomic mass is 10.1. The van der Waals surface area contributed by atoms with E-state index >= 15 is 0 Å². The molecule has 0 amide bonds. The van der Waals surface area contributed by atoms with Gasteiger partial charge in [-0.1, -0.05) is 12.1 Å². The van der Waals surface area contributed by atoms with Gasteiger partial charge in [-0.3, -0.25) is 0 Å². The molecule has 6 heteroatoms. The average Bonchev–Trinajstić information content (AvgIpc) is 3.05. The van der Waals surface area contributed by atoms with Gasteiger partial charge in [0.15, 0.2) is 0 Å². The highest BCUT2D eigenvalue weighted by molar-refractivity contribution is 5.88. The van der Waals surface area contributed by atoms with Crippen LogP contribution in [0.2, 0.25) is 0 Å². The van der Waals surface area contributed by atoms with Crippen LogP contribution >= 0.6 is 0 Å². The molecule has 0 fully saturated rings. The Labute approximate surface area is 131 Å². The lowest BCUT2D eigenvalue weighted by Gasteiger charge is -2.02. The predicted molar refractivity (Wildman–Crippen MR) is 82.9 cm³/mol. The zero-order valence-electron chi connectivity index (χ0n) is 11.9. The third-order valence-corrected chi connectivity index (χ3v) is 3.40. The number of aromatic nitrogens is 2. The molecule has 0 bridgehead atoms. The van der Waals surface area contributed by atoms with E-state index in [1.165, 1.54) is 24.3 Å². The van der Waals surface area contributed by atoms with Crippen LogP contribution in [0.15, 0.2) is 60.8 Å². The van der Waals surface area contributed by atoms with Gasteiger partial charge in [-0.2, -0.15) is 5.10 Å². The standard InChI is InChI=1S/C17H12N2O4/c20-16(21)12-3-1-11(2-4-12)15-9-10-19(18-15)14-7-5-13(6-8-14)17(22)23/h1-10H,(H,20,21)(H,22,23). The summed E-state index contributed by atoms with van der Waals surface area (Å²) in [6.07, 6.45) is 1.76. The normalized spacial score (nSPS) is 10.4. The van der Waals surface area contributed by atoms with Gasteiger partial charge in [0, 0.05) is 11.8 Å². The largest absolute Gasteiger partial charge is 0.478 e. The Morgan fingerprint density at radius 1 is 0.783 bits per heavy atom. The minimum atomic E-state index is -0.976. The van der Waals surface area contributed by atoms with Crippen molar-refractivity contribution in [3.8, 4) is 16.9 Å². The molecule has 0 saturated heterocycles. The Hall–Kier alpha value is -3.41. The maximum atomic E-state index is 10.9. The first-order valence-corrected chi connectivity index (χ1v) is 6.78. The van der Waals surface area contributed by atoms with Crippen LogP contribution in [0.25, 0.3) is 16.9 Å². The summed E-state index contributed by atoms with van der Waals surface area (Å²) in [5, 5.41) is 22.2. The molecular formula is C17H12N2O4. The number of nitrogens with zero attached hydrogens (tertiary/aromatic N) is 2. The fourth-order valence-electron chi connectivity index (χ4n) is 2.16. The summed E-state index contributed by atoms with van der Waals surface area (Å²) in [5.74, 6) is -1.95. The molecule has 0 saturated carbocycles. The number of hydrogen-bond acceptors (Lipinski definition) is 3. The summed E-state index contributed by atoms with van der Waals surface area (Å²) in [5.41, 5.74) is 2.67. The van der Waals surface area contributed by atoms with E-state index in [4.69, 9.17) is 10.2 Å². The van der Waals surface area contributed by atoms with E-state index in [9.17, 15) is 9.59 Å². The number of carbonyl (C=O) groups is 2. The van der Waals surface area contributed by atoms with Crippen molar-refractivity contribution in [1.82, 2.24) is 9.78 Å². The minimum Gasteiger partial charge on any atom is -0.478 e. The fourth-order valence-corrected chi connectivity index (χ4v) is 2.16. The molecule has 0 aliphatic carbocycles. The van der Waals surface area contributed by atoms with Gasteiger partial charge in [0.1, 0.15) is 0 Å². The van der Waals surface area contributed by atoms with Crippen LogP contribution in [0.3, 0.4) is 0 Å². The molecule has 1 heterocycles. The van der Waals surface area contributed by atoms with Crippen LogP contribution in [0.1, 0.15) is 20.7 Å². The van der Waals surface area contributed by atoms with Crippen molar-refractivity contribution in [1.29, 1.82) is 0 Å². The van der Waals surface area contributed by atoms with Crippen molar-refractivity contribution in [3.63, 3.8) is 0 Å². The van der Waals surface area contributed by atoms with Crippen LogP contribution in [0.4, 0.5) is 0 Å². The first-order valence-electron chi connectivity index (χ1n) is 6.78. The van der Waals surface area contributed by atoms with Gasteiger partial charge in [-0.15, -0.1) is 0 Å². The maximum absolute atomic E-state index is 10.9. The number of hydrogen-bond donors (Lipinski definition) is 2. The van der Waals surface area contributed by atoms with Crippen molar-refractivity contribution in [2.45, 2.75) is 0 Å². The van der Waals surface area contributed by atoms with Crippen LogP contribution in [0.5, 0.6) is 0 Å². The van der Waals surface area contributed by atoms with Gasteiger partial charge < -0.3 is 10.2 Å². The lowest BCUT2D eigenvalue weighted by Crippen LogP contribution is -1.99. The molecule has 0 radical (unpaired) electrons. The molecule has 1 aromatic heterocycles. The van der Waals surface area contributed by atoms with E-state index < -0.39 is 11.9 Å². The molecule has 0 atom stereocenters. The minimum absolute atomic E-state index is 0.213. The summed E-state index contributed by atoms with van der Waals surface area (Å²) in [6.45, 7) is 0. The highest BCUT2D eigenvalue weighted by Gasteiger charge is 2.07. The second-order valence-electron chi connectivity index (χ2n) is 4.88. The highest BCUT2D eigenvalue weighted by atomic mass is 16.4. The number of aromatic carboxylic acids is 2. The van der Waals surface area contributed by atoms with Crippen molar-refractivity contribution < 1.29 is 19.8 Å². The molecule has 0 aliphatic rings. The van der Waals surface area contributed by atoms with Crippen LogP contribution in [-0.4, -0.2) is 31.9 Å². The van der Waals surface area contributed by atoms with E-state index in [-0.39, 0.29) is 11.1 Å². The molecule has 2 aromatic carbocycles. The summed E-state index contributed by atoms with van der Waals surface area (Å²) >= 11 is 0. The monoisotopic (exact) mass is 308 g/mol. The first kappa shape index (κ1) is 14.5. The number of carboxylic acid groups (broad SMARTS) is 2. The Kier molecular flexibility index (Phi) is 3.64. The molecule has 0 unspecified atom stereocenters. The number of benzene rings is 2. The van der Waals surface area contributed by atoms with Crippen molar-refractivity contribution in [3.05, 3.63) is 71.9 Å². The van der Waals surface area contributed by atoms with Gasteiger partial charge in [0.05, 0.1) is 22.5 Å². The van der Waals surface area contributed by atoms with E-state index in [1.807, 2.05) is 0 Å². The Morgan fingerprint density at radius 2 is 1.30 bits per heavy atom. The van der Waals surface area contributed by atoms with E-state index in [0.29, 0.717) is 5.69 Å². The SMILES string of the molecule is O=C(O)c1ccc(-c2ccn(-c3ccc(C(=O)O)cc3)n2)cc1. The van der Waals surface area contributed by atoms with E-state index in [1.54, 1.807) is 41.2 Å². The van der Waals surface area contributed by atoms with Gasteiger partial charge in [0.25, 0.3) is 0 Å². The fraction of sp³-hybridized carbons (Fsp3) is 0. The van der Waals surface area contributed by atoms with Crippen LogP contribution in [0, 0.1) is 0 Å². The maximum Gasteiger partial charge on any atom is 0.335 e. The van der Waals surface area contributed by atoms with E-state index in [0.717, 1.165) is 11.3 Å². The molecule has 0 aliphatic heterocycles. The third-order valence-electron chi connectivity index (χ3n) is 3.40. The lowest BCUT2D eigenvalue weighted by molar-refractivity contribution is 0.0686. The average molecular weight is 308 g/mol. The molecule has 3 rings (SSSR count). The highest BCUT2D eigenvalue weighted by Crippen LogP contribution is 2.19. The second kappa shape index (κ2) is 5.76. The summed E-state index contributed by atoms with van der Waals surface area (Å²) < 4.78 is 1.63.